The zero-order chi connectivity index (χ0) is 17.0. The lowest BCUT2D eigenvalue weighted by molar-refractivity contribution is 0.427. The zero-order valence-electron chi connectivity index (χ0n) is 13.5. The van der Waals surface area contributed by atoms with E-state index in [1.807, 2.05) is 6.07 Å². The van der Waals surface area contributed by atoms with E-state index in [-0.39, 0.29) is 6.04 Å². The van der Waals surface area contributed by atoms with Crippen LogP contribution in [-0.4, -0.2) is 0 Å². The molecule has 3 heteroatoms. The molecule has 0 bridgehead atoms. The Bertz CT molecular complexity index is 1000. The van der Waals surface area contributed by atoms with Crippen LogP contribution in [0.3, 0.4) is 0 Å². The Balaban J connectivity index is 1.70. The van der Waals surface area contributed by atoms with E-state index in [1.165, 1.54) is 21.9 Å². The van der Waals surface area contributed by atoms with Gasteiger partial charge in [0.25, 0.3) is 0 Å². The van der Waals surface area contributed by atoms with Gasteiger partial charge in [0.2, 0.25) is 0 Å². The van der Waals surface area contributed by atoms with Gasteiger partial charge < -0.3 is 5.32 Å². The predicted octanol–water partition coefficient (Wildman–Crippen LogP) is 6.97. The van der Waals surface area contributed by atoms with Crippen LogP contribution >= 0.6 is 23.2 Å². The number of allylic oxidation sites excluding steroid dienone is 2. The molecule has 0 fully saturated rings. The topological polar surface area (TPSA) is 12.0 Å². The highest BCUT2D eigenvalue weighted by atomic mass is 35.5. The molecule has 1 aliphatic carbocycles. The number of fused-ring (bicyclic) bond motifs is 4. The van der Waals surface area contributed by atoms with Crippen LogP contribution < -0.4 is 5.32 Å². The largest absolute Gasteiger partial charge is 0.376 e. The Morgan fingerprint density at radius 2 is 1.76 bits per heavy atom. The average molecular weight is 366 g/mol. The van der Waals surface area contributed by atoms with Gasteiger partial charge in [-0.25, -0.2) is 0 Å². The van der Waals surface area contributed by atoms with Crippen molar-refractivity contribution in [1.82, 2.24) is 0 Å². The summed E-state index contributed by atoms with van der Waals surface area (Å²) in [5.74, 6) is 0.837. The van der Waals surface area contributed by atoms with Crippen LogP contribution in [0.2, 0.25) is 10.0 Å². The SMILES string of the molecule is Clc1cc(Cl)c2c(c1)[C@H]1C=CC[C@H]1[C@H](c1cccc3ccccc13)N2. The third-order valence-corrected chi connectivity index (χ3v) is 6.06. The van der Waals surface area contributed by atoms with Gasteiger partial charge >= 0.3 is 0 Å². The Morgan fingerprint density at radius 1 is 0.920 bits per heavy atom. The van der Waals surface area contributed by atoms with E-state index in [4.69, 9.17) is 23.2 Å². The van der Waals surface area contributed by atoms with Crippen LogP contribution in [-0.2, 0) is 0 Å². The van der Waals surface area contributed by atoms with Crippen molar-refractivity contribution in [2.24, 2.45) is 5.92 Å². The van der Waals surface area contributed by atoms with E-state index in [1.54, 1.807) is 0 Å². The average Bonchev–Trinajstić information content (AvgIpc) is 3.11. The Hall–Kier alpha value is -1.96. The van der Waals surface area contributed by atoms with Gasteiger partial charge in [0.1, 0.15) is 0 Å². The molecular weight excluding hydrogens is 349 g/mol. The van der Waals surface area contributed by atoms with Gasteiger partial charge in [-0.3, -0.25) is 0 Å². The summed E-state index contributed by atoms with van der Waals surface area (Å²) in [7, 11) is 0. The summed E-state index contributed by atoms with van der Waals surface area (Å²) in [6.07, 6.45) is 5.67. The molecule has 1 heterocycles. The van der Waals surface area contributed by atoms with Crippen LogP contribution in [0, 0.1) is 5.92 Å². The summed E-state index contributed by atoms with van der Waals surface area (Å²) < 4.78 is 0. The van der Waals surface area contributed by atoms with E-state index in [0.29, 0.717) is 21.9 Å². The van der Waals surface area contributed by atoms with Crippen molar-refractivity contribution in [3.8, 4) is 0 Å². The van der Waals surface area contributed by atoms with E-state index in [9.17, 15) is 0 Å². The van der Waals surface area contributed by atoms with Crippen molar-refractivity contribution in [3.05, 3.63) is 87.9 Å². The second-order valence-corrected chi connectivity index (χ2v) is 7.74. The molecular formula is C22H17Cl2N. The highest BCUT2D eigenvalue weighted by Crippen LogP contribution is 2.52. The lowest BCUT2D eigenvalue weighted by Gasteiger charge is -2.38. The molecule has 0 amide bonds. The number of hydrogen-bond acceptors (Lipinski definition) is 1. The molecule has 0 unspecified atom stereocenters. The van der Waals surface area contributed by atoms with Crippen molar-refractivity contribution in [2.45, 2.75) is 18.4 Å². The quantitative estimate of drug-likeness (QED) is 0.459. The van der Waals surface area contributed by atoms with Crippen molar-refractivity contribution in [2.75, 3.05) is 5.32 Å². The summed E-state index contributed by atoms with van der Waals surface area (Å²) in [5, 5.41) is 7.73. The minimum absolute atomic E-state index is 0.234. The molecule has 1 N–H and O–H groups in total. The minimum atomic E-state index is 0.234. The number of nitrogens with one attached hydrogen (secondary N) is 1. The lowest BCUT2D eigenvalue weighted by Crippen LogP contribution is -2.29. The van der Waals surface area contributed by atoms with Crippen LogP contribution in [0.5, 0.6) is 0 Å². The molecule has 5 rings (SSSR count). The molecule has 0 aromatic heterocycles. The third-order valence-electron chi connectivity index (χ3n) is 5.54. The van der Waals surface area contributed by atoms with Crippen molar-refractivity contribution >= 4 is 39.7 Å². The number of halogens is 2. The normalized spacial score (nSPS) is 24.0. The monoisotopic (exact) mass is 365 g/mol. The molecule has 124 valence electrons. The van der Waals surface area contributed by atoms with Crippen LogP contribution in [0.4, 0.5) is 5.69 Å². The first-order chi connectivity index (χ1) is 12.2. The summed E-state index contributed by atoms with van der Waals surface area (Å²) in [4.78, 5) is 0. The highest BCUT2D eigenvalue weighted by Gasteiger charge is 2.39. The summed E-state index contributed by atoms with van der Waals surface area (Å²) >= 11 is 12.8. The van der Waals surface area contributed by atoms with Gasteiger partial charge in [0.05, 0.1) is 16.8 Å². The molecule has 3 aromatic carbocycles. The van der Waals surface area contributed by atoms with Crippen molar-refractivity contribution in [3.63, 3.8) is 0 Å². The standard InChI is InChI=1S/C22H17Cl2N/c23-14-11-19-16-8-4-10-18(16)21(25-22(19)20(24)12-14)17-9-3-6-13-5-1-2-7-15(13)17/h1-9,11-12,16,18,21,25H,10H2/t16-,18+,21-/m0/s1. The Morgan fingerprint density at radius 3 is 2.68 bits per heavy atom. The maximum atomic E-state index is 6.54. The first-order valence-electron chi connectivity index (χ1n) is 8.62. The van der Waals surface area contributed by atoms with E-state index in [0.717, 1.165) is 12.1 Å². The lowest BCUT2D eigenvalue weighted by atomic mass is 9.76. The first kappa shape index (κ1) is 15.3. The van der Waals surface area contributed by atoms with Gasteiger partial charge in [0.15, 0.2) is 0 Å². The minimum Gasteiger partial charge on any atom is -0.376 e. The van der Waals surface area contributed by atoms with Crippen LogP contribution in [0.25, 0.3) is 10.8 Å². The summed E-state index contributed by atoms with van der Waals surface area (Å²) in [5.41, 5.74) is 3.58. The molecule has 25 heavy (non-hydrogen) atoms. The molecule has 1 nitrogen and oxygen atoms in total. The van der Waals surface area contributed by atoms with E-state index >= 15 is 0 Å². The van der Waals surface area contributed by atoms with Crippen LogP contribution in [0.1, 0.15) is 29.5 Å². The number of rotatable bonds is 1. The third kappa shape index (κ3) is 2.38. The van der Waals surface area contributed by atoms with Gasteiger partial charge in [-0.15, -0.1) is 0 Å². The van der Waals surface area contributed by atoms with Gasteiger partial charge in [-0.1, -0.05) is 77.8 Å². The second-order valence-electron chi connectivity index (χ2n) is 6.90. The maximum absolute atomic E-state index is 6.54. The Kier molecular flexibility index (Phi) is 3.55. The number of benzene rings is 3. The zero-order valence-corrected chi connectivity index (χ0v) is 15.1. The van der Waals surface area contributed by atoms with E-state index < -0.39 is 0 Å². The maximum Gasteiger partial charge on any atom is 0.0655 e. The second kappa shape index (κ2) is 5.79. The molecule has 0 saturated carbocycles. The van der Waals surface area contributed by atoms with E-state index in [2.05, 4.69) is 66.0 Å². The molecule has 0 radical (unpaired) electrons. The van der Waals surface area contributed by atoms with Crippen molar-refractivity contribution in [1.29, 1.82) is 0 Å². The van der Waals surface area contributed by atoms with Crippen LogP contribution in [0.15, 0.2) is 66.7 Å². The fourth-order valence-electron chi connectivity index (χ4n) is 4.45. The summed E-state index contributed by atoms with van der Waals surface area (Å²) in [6.45, 7) is 0. The first-order valence-corrected chi connectivity index (χ1v) is 9.38. The Labute approximate surface area is 157 Å². The number of hydrogen-bond donors (Lipinski definition) is 1. The van der Waals surface area contributed by atoms with Crippen molar-refractivity contribution < 1.29 is 0 Å². The predicted molar refractivity (Wildman–Crippen MR) is 107 cm³/mol. The molecule has 3 aromatic rings. The smallest absolute Gasteiger partial charge is 0.0655 e. The molecule has 0 spiro atoms. The molecule has 1 aliphatic heterocycles. The summed E-state index contributed by atoms with van der Waals surface area (Å²) in [6, 6.07) is 19.3. The fraction of sp³-hybridized carbons (Fsp3) is 0.182. The number of anilines is 1. The molecule has 3 atom stereocenters. The van der Waals surface area contributed by atoms with Gasteiger partial charge in [-0.2, -0.15) is 0 Å². The van der Waals surface area contributed by atoms with Gasteiger partial charge in [0, 0.05) is 10.9 Å². The molecule has 2 aliphatic rings. The molecule has 0 saturated heterocycles. The fourth-order valence-corrected chi connectivity index (χ4v) is 5.01. The van der Waals surface area contributed by atoms with Gasteiger partial charge in [-0.05, 0) is 46.4 Å². The highest BCUT2D eigenvalue weighted by molar-refractivity contribution is 6.36.